The van der Waals surface area contributed by atoms with Gasteiger partial charge < -0.3 is 14.8 Å². The van der Waals surface area contributed by atoms with Crippen LogP contribution in [0.1, 0.15) is 27.7 Å². The van der Waals surface area contributed by atoms with E-state index in [0.717, 1.165) is 10.4 Å². The Hall–Kier alpha value is -2.05. The van der Waals surface area contributed by atoms with Crippen molar-refractivity contribution in [2.75, 3.05) is 18.5 Å². The summed E-state index contributed by atoms with van der Waals surface area (Å²) in [6.07, 6.45) is 0. The first-order valence-corrected chi connectivity index (χ1v) is 8.51. The predicted molar refractivity (Wildman–Crippen MR) is 95.3 cm³/mol. The summed E-state index contributed by atoms with van der Waals surface area (Å²) in [4.78, 5) is 24.5. The molecule has 0 saturated heterocycles. The molecule has 1 amide bonds. The highest BCUT2D eigenvalue weighted by molar-refractivity contribution is 7.16. The number of benzene rings is 1. The monoisotopic (exact) mass is 367 g/mol. The van der Waals surface area contributed by atoms with Gasteiger partial charge >= 0.3 is 5.97 Å². The number of thiophene rings is 1. The van der Waals surface area contributed by atoms with Crippen LogP contribution in [0.3, 0.4) is 0 Å². The maximum Gasteiger partial charge on any atom is 0.341 e. The van der Waals surface area contributed by atoms with E-state index < -0.39 is 5.97 Å². The summed E-state index contributed by atoms with van der Waals surface area (Å²) >= 11 is 7.22. The molecule has 0 aliphatic heterocycles. The van der Waals surface area contributed by atoms with E-state index in [9.17, 15) is 9.59 Å². The molecule has 1 aromatic heterocycles. The summed E-state index contributed by atoms with van der Waals surface area (Å²) < 4.78 is 10.7. The Balaban J connectivity index is 1.94. The van der Waals surface area contributed by atoms with Gasteiger partial charge in [-0.05, 0) is 37.6 Å². The van der Waals surface area contributed by atoms with Crippen LogP contribution < -0.4 is 10.1 Å². The van der Waals surface area contributed by atoms with Crippen LogP contribution >= 0.6 is 22.9 Å². The van der Waals surface area contributed by atoms with E-state index in [4.69, 9.17) is 21.1 Å². The molecule has 0 aliphatic rings. The van der Waals surface area contributed by atoms with Crippen molar-refractivity contribution in [3.05, 3.63) is 45.3 Å². The van der Waals surface area contributed by atoms with E-state index in [0.29, 0.717) is 21.3 Å². The molecule has 0 radical (unpaired) electrons. The van der Waals surface area contributed by atoms with Gasteiger partial charge in [-0.3, -0.25) is 4.79 Å². The third kappa shape index (κ3) is 4.72. The van der Waals surface area contributed by atoms with Crippen molar-refractivity contribution in [1.82, 2.24) is 0 Å². The second-order valence-corrected chi connectivity index (χ2v) is 6.77. The first-order chi connectivity index (χ1) is 11.4. The number of nitrogens with one attached hydrogen (secondary N) is 1. The number of anilines is 1. The molecule has 0 spiro atoms. The third-order valence-corrected chi connectivity index (χ3v) is 4.62. The van der Waals surface area contributed by atoms with E-state index in [-0.39, 0.29) is 19.1 Å². The van der Waals surface area contributed by atoms with Gasteiger partial charge in [0.15, 0.2) is 0 Å². The molecule has 0 saturated carbocycles. The minimum absolute atomic E-state index is 0.0964. The highest BCUT2D eigenvalue weighted by Gasteiger charge is 2.21. The largest absolute Gasteiger partial charge is 0.490 e. The van der Waals surface area contributed by atoms with E-state index in [1.165, 1.54) is 18.3 Å². The lowest BCUT2D eigenvalue weighted by Gasteiger charge is -2.09. The lowest BCUT2D eigenvalue weighted by atomic mass is 10.1. The molecule has 0 atom stereocenters. The predicted octanol–water partition coefficient (Wildman–Crippen LogP) is 4.21. The second-order valence-electron chi connectivity index (χ2n) is 5.11. The van der Waals surface area contributed by atoms with Crippen LogP contribution in [0.2, 0.25) is 5.02 Å². The number of rotatable bonds is 6. The number of ether oxygens (including phenoxy) is 2. The molecule has 5 nitrogen and oxygen atoms in total. The van der Waals surface area contributed by atoms with Gasteiger partial charge in [0.1, 0.15) is 24.0 Å². The summed E-state index contributed by atoms with van der Waals surface area (Å²) in [7, 11) is 0. The van der Waals surface area contributed by atoms with E-state index in [1.807, 2.05) is 13.8 Å². The van der Waals surface area contributed by atoms with Gasteiger partial charge in [0.25, 0.3) is 0 Å². The molecular weight excluding hydrogens is 350 g/mol. The van der Waals surface area contributed by atoms with Crippen LogP contribution in [0.15, 0.2) is 24.3 Å². The Kier molecular flexibility index (Phi) is 6.23. The molecule has 2 rings (SSSR count). The molecule has 7 heteroatoms. The summed E-state index contributed by atoms with van der Waals surface area (Å²) in [5.74, 6) is -0.0927. The van der Waals surface area contributed by atoms with Crippen molar-refractivity contribution < 1.29 is 19.1 Å². The van der Waals surface area contributed by atoms with Crippen molar-refractivity contribution in [3.63, 3.8) is 0 Å². The van der Waals surface area contributed by atoms with Crippen molar-refractivity contribution in [1.29, 1.82) is 0 Å². The first-order valence-electron chi connectivity index (χ1n) is 7.31. The minimum Gasteiger partial charge on any atom is -0.490 e. The number of esters is 1. The Morgan fingerprint density at radius 2 is 2.00 bits per heavy atom. The van der Waals surface area contributed by atoms with Gasteiger partial charge in [-0.1, -0.05) is 17.7 Å². The first kappa shape index (κ1) is 18.3. The molecule has 1 heterocycles. The summed E-state index contributed by atoms with van der Waals surface area (Å²) in [5, 5.41) is 3.76. The zero-order chi connectivity index (χ0) is 17.7. The summed E-state index contributed by atoms with van der Waals surface area (Å²) in [5.41, 5.74) is 1.21. The number of aryl methyl sites for hydroxylation is 1. The molecule has 1 N–H and O–H groups in total. The lowest BCUT2D eigenvalue weighted by Crippen LogP contribution is -2.15. The zero-order valence-corrected chi connectivity index (χ0v) is 15.2. The van der Waals surface area contributed by atoms with Crippen LogP contribution in [0.4, 0.5) is 5.00 Å². The van der Waals surface area contributed by atoms with Gasteiger partial charge in [0.05, 0.1) is 5.56 Å². The molecule has 0 fully saturated rings. The van der Waals surface area contributed by atoms with Crippen LogP contribution in [-0.2, 0) is 9.53 Å². The molecule has 1 aromatic carbocycles. The summed E-state index contributed by atoms with van der Waals surface area (Å²) in [6, 6.07) is 6.99. The number of hydrogen-bond acceptors (Lipinski definition) is 5. The molecule has 128 valence electrons. The second kappa shape index (κ2) is 8.17. The number of carbonyl (C=O) groups excluding carboxylic acids is 2. The van der Waals surface area contributed by atoms with Crippen LogP contribution in [0.25, 0.3) is 0 Å². The zero-order valence-electron chi connectivity index (χ0n) is 13.6. The number of halogens is 1. The quantitative estimate of drug-likeness (QED) is 0.613. The van der Waals surface area contributed by atoms with Crippen molar-refractivity contribution in [2.24, 2.45) is 0 Å². The minimum atomic E-state index is -0.477. The van der Waals surface area contributed by atoms with Crippen molar-refractivity contribution in [3.8, 4) is 5.75 Å². The van der Waals surface area contributed by atoms with Gasteiger partial charge in [0, 0.05) is 16.8 Å². The van der Waals surface area contributed by atoms with Gasteiger partial charge in [-0.25, -0.2) is 4.79 Å². The van der Waals surface area contributed by atoms with Gasteiger partial charge in [0.2, 0.25) is 5.91 Å². The highest BCUT2D eigenvalue weighted by atomic mass is 35.5. The SMILES string of the molecule is CC(=O)Nc1sc(C)c(C)c1C(=O)OCCOc1cccc(Cl)c1. The maximum atomic E-state index is 12.3. The Bertz CT molecular complexity index is 757. The highest BCUT2D eigenvalue weighted by Crippen LogP contribution is 2.32. The van der Waals surface area contributed by atoms with Crippen molar-refractivity contribution >= 4 is 39.8 Å². The Morgan fingerprint density at radius 1 is 1.25 bits per heavy atom. The van der Waals surface area contributed by atoms with Gasteiger partial charge in [-0.15, -0.1) is 11.3 Å². The molecule has 2 aromatic rings. The molecular formula is C17H18ClNO4S. The molecule has 0 aliphatic carbocycles. The Morgan fingerprint density at radius 3 is 2.67 bits per heavy atom. The average Bonchev–Trinajstić information content (AvgIpc) is 2.77. The molecule has 0 bridgehead atoms. The summed E-state index contributed by atoms with van der Waals surface area (Å²) in [6.45, 7) is 5.43. The molecule has 0 unspecified atom stereocenters. The van der Waals surface area contributed by atoms with E-state index in [2.05, 4.69) is 5.32 Å². The smallest absolute Gasteiger partial charge is 0.341 e. The fourth-order valence-electron chi connectivity index (χ4n) is 2.04. The number of hydrogen-bond donors (Lipinski definition) is 1. The van der Waals surface area contributed by atoms with E-state index in [1.54, 1.807) is 24.3 Å². The van der Waals surface area contributed by atoms with Crippen LogP contribution in [-0.4, -0.2) is 25.1 Å². The fraction of sp³-hybridized carbons (Fsp3) is 0.294. The normalized spacial score (nSPS) is 10.3. The third-order valence-electron chi connectivity index (χ3n) is 3.26. The Labute approximate surface area is 149 Å². The van der Waals surface area contributed by atoms with E-state index >= 15 is 0 Å². The van der Waals surface area contributed by atoms with Gasteiger partial charge in [-0.2, -0.15) is 0 Å². The number of amides is 1. The lowest BCUT2D eigenvalue weighted by molar-refractivity contribution is -0.114. The molecule has 24 heavy (non-hydrogen) atoms. The average molecular weight is 368 g/mol. The maximum absolute atomic E-state index is 12.3. The standard InChI is InChI=1S/C17H18ClNO4S/c1-10-11(2)24-16(19-12(3)20)15(10)17(21)23-8-7-22-14-6-4-5-13(18)9-14/h4-6,9H,7-8H2,1-3H3,(H,19,20). The fourth-order valence-corrected chi connectivity index (χ4v) is 3.32. The topological polar surface area (TPSA) is 64.6 Å². The van der Waals surface area contributed by atoms with Crippen LogP contribution in [0.5, 0.6) is 5.75 Å². The number of carbonyl (C=O) groups is 2. The van der Waals surface area contributed by atoms with Crippen molar-refractivity contribution in [2.45, 2.75) is 20.8 Å². The van der Waals surface area contributed by atoms with Crippen LogP contribution in [0, 0.1) is 13.8 Å².